The maximum atomic E-state index is 12.8. The standard InChI is InChI=1S/C12H11BrF3N3O.C10H5Br2F3N2O.C10H6BrF3N2O.CH4/c1-18(2)5-7-3-4-8-17-10(12(14,15)16)9(13)11(20)19(8)6-7;11-3-5-1-2-6-16-8(10(13,14)15)7(12)9(18)17(6)4-5;1-5-2-3-6-15-8(10(12,13)14)7(11)9(17)16(6)4-5;/h3-4,6H,5H2,1-2H3;1-2,4H,3H2;2-4H,1H3;1H4. The number of nitrogens with zero attached hydrogens (tertiary/aromatic N) is 7. The summed E-state index contributed by atoms with van der Waals surface area (Å²) in [6.45, 7) is 2.30. The van der Waals surface area contributed by atoms with Crippen molar-refractivity contribution in [2.75, 3.05) is 14.1 Å². The molecule has 0 aliphatic carbocycles. The lowest BCUT2D eigenvalue weighted by atomic mass is 10.2. The fourth-order valence-corrected chi connectivity index (χ4v) is 6.49. The molecule has 0 bridgehead atoms. The SMILES string of the molecule is C.CN(C)Cc1ccc2nc(C(F)(F)F)c(Br)c(=O)n2c1.Cc1ccc2nc(C(F)(F)F)c(Br)c(=O)n2c1.O=c1c(Br)c(C(F)(F)F)nc2ccc(CBr)cn12. The molecule has 0 saturated carbocycles. The number of rotatable bonds is 3. The second-order valence-electron chi connectivity index (χ2n) is 11.6. The first-order valence-corrected chi connectivity index (χ1v) is 18.4. The highest BCUT2D eigenvalue weighted by Gasteiger charge is 2.38. The molecule has 0 spiro atoms. The first kappa shape index (κ1) is 46.7. The Labute approximate surface area is 343 Å². The van der Waals surface area contributed by atoms with Crippen LogP contribution < -0.4 is 16.7 Å². The smallest absolute Gasteiger partial charge is 0.305 e. The van der Waals surface area contributed by atoms with Crippen molar-refractivity contribution >= 4 is 80.7 Å². The Bertz CT molecular complexity index is 2590. The van der Waals surface area contributed by atoms with Crippen LogP contribution >= 0.6 is 63.7 Å². The average molecular weight is 1060 g/mol. The van der Waals surface area contributed by atoms with Gasteiger partial charge in [0.25, 0.3) is 16.7 Å². The van der Waals surface area contributed by atoms with Gasteiger partial charge in [0.15, 0.2) is 17.1 Å². The van der Waals surface area contributed by atoms with Crippen LogP contribution in [0.15, 0.2) is 82.8 Å². The van der Waals surface area contributed by atoms with E-state index >= 15 is 0 Å². The summed E-state index contributed by atoms with van der Waals surface area (Å²) in [5, 5.41) is 0.494. The van der Waals surface area contributed by atoms with E-state index in [9.17, 15) is 53.9 Å². The van der Waals surface area contributed by atoms with Gasteiger partial charge in [-0.2, -0.15) is 39.5 Å². The molecule has 6 aromatic heterocycles. The molecule has 6 aromatic rings. The molecule has 0 aliphatic rings. The maximum absolute atomic E-state index is 12.8. The molecule has 6 heterocycles. The van der Waals surface area contributed by atoms with Gasteiger partial charge in [0.2, 0.25) is 0 Å². The van der Waals surface area contributed by atoms with Crippen LogP contribution in [0.4, 0.5) is 39.5 Å². The summed E-state index contributed by atoms with van der Waals surface area (Å²) in [7, 11) is 3.71. The van der Waals surface area contributed by atoms with Crippen LogP contribution in [0.5, 0.6) is 0 Å². The van der Waals surface area contributed by atoms with Gasteiger partial charge in [0.05, 0.1) is 0 Å². The lowest BCUT2D eigenvalue weighted by Gasteiger charge is -2.12. The van der Waals surface area contributed by atoms with Gasteiger partial charge >= 0.3 is 18.5 Å². The number of hydrogen-bond donors (Lipinski definition) is 0. The van der Waals surface area contributed by atoms with Crippen LogP contribution in [0.25, 0.3) is 16.9 Å². The van der Waals surface area contributed by atoms with Crippen molar-refractivity contribution in [1.82, 2.24) is 33.1 Å². The molecule has 56 heavy (non-hydrogen) atoms. The summed E-state index contributed by atoms with van der Waals surface area (Å²) in [5.41, 5.74) is -3.73. The summed E-state index contributed by atoms with van der Waals surface area (Å²) >= 11 is 11.2. The Kier molecular flexibility index (Phi) is 14.9. The van der Waals surface area contributed by atoms with E-state index in [-0.39, 0.29) is 24.4 Å². The van der Waals surface area contributed by atoms with Gasteiger partial charge in [-0.3, -0.25) is 27.6 Å². The second kappa shape index (κ2) is 17.9. The zero-order valence-electron chi connectivity index (χ0n) is 27.9. The molecular weight excluding hydrogens is 1030 g/mol. The number of hydrogen-bond acceptors (Lipinski definition) is 7. The van der Waals surface area contributed by atoms with Crippen molar-refractivity contribution in [3.63, 3.8) is 0 Å². The van der Waals surface area contributed by atoms with Crippen molar-refractivity contribution < 1.29 is 39.5 Å². The van der Waals surface area contributed by atoms with Crippen LogP contribution in [-0.2, 0) is 30.4 Å². The lowest BCUT2D eigenvalue weighted by molar-refractivity contribution is -0.142. The largest absolute Gasteiger partial charge is 0.434 e. The third-order valence-corrected chi connectivity index (χ3v) is 9.82. The van der Waals surface area contributed by atoms with Gasteiger partial charge in [-0.15, -0.1) is 0 Å². The third-order valence-electron chi connectivity index (χ3n) is 7.03. The molecule has 302 valence electrons. The highest BCUT2D eigenvalue weighted by Crippen LogP contribution is 2.34. The Morgan fingerprint density at radius 1 is 0.571 bits per heavy atom. The van der Waals surface area contributed by atoms with Crippen molar-refractivity contribution in [3.8, 4) is 0 Å². The van der Waals surface area contributed by atoms with Gasteiger partial charge in [0, 0.05) is 30.5 Å². The van der Waals surface area contributed by atoms with E-state index in [1.807, 2.05) is 19.0 Å². The van der Waals surface area contributed by atoms with Gasteiger partial charge in [-0.05, 0) is 104 Å². The van der Waals surface area contributed by atoms with Gasteiger partial charge in [0.1, 0.15) is 30.4 Å². The van der Waals surface area contributed by atoms with Crippen molar-refractivity contribution in [3.05, 3.63) is 133 Å². The molecule has 0 aliphatic heterocycles. The van der Waals surface area contributed by atoms with Crippen molar-refractivity contribution in [2.45, 2.75) is 44.8 Å². The zero-order chi connectivity index (χ0) is 41.4. The van der Waals surface area contributed by atoms with Gasteiger partial charge in [-0.25, -0.2) is 15.0 Å². The summed E-state index contributed by atoms with van der Waals surface area (Å²) < 4.78 is 116. The number of halogens is 13. The van der Waals surface area contributed by atoms with E-state index in [1.54, 1.807) is 25.1 Å². The first-order valence-electron chi connectivity index (χ1n) is 14.9. The van der Waals surface area contributed by atoms with Gasteiger partial charge in [-0.1, -0.05) is 41.6 Å². The molecule has 0 radical (unpaired) electrons. The van der Waals surface area contributed by atoms with Crippen LogP contribution in [0.2, 0.25) is 0 Å². The second-order valence-corrected chi connectivity index (χ2v) is 14.5. The molecule has 6 rings (SSSR count). The third kappa shape index (κ3) is 10.6. The molecule has 10 nitrogen and oxygen atoms in total. The summed E-state index contributed by atoms with van der Waals surface area (Å²) in [6.07, 6.45) is -9.61. The predicted molar refractivity (Wildman–Crippen MR) is 204 cm³/mol. The lowest BCUT2D eigenvalue weighted by Crippen LogP contribution is -2.23. The minimum absolute atomic E-state index is 0. The van der Waals surface area contributed by atoms with E-state index in [1.165, 1.54) is 36.8 Å². The summed E-state index contributed by atoms with van der Waals surface area (Å²) in [6, 6.07) is 9.00. The topological polar surface area (TPSA) is 106 Å². The minimum Gasteiger partial charge on any atom is -0.305 e. The Balaban J connectivity index is 0.000000224. The van der Waals surface area contributed by atoms with E-state index in [0.717, 1.165) is 29.9 Å². The molecule has 0 atom stereocenters. The van der Waals surface area contributed by atoms with Crippen LogP contribution in [0.3, 0.4) is 0 Å². The molecular formula is C33H26Br4F9N7O3. The van der Waals surface area contributed by atoms with Crippen LogP contribution in [0.1, 0.15) is 41.2 Å². The Morgan fingerprint density at radius 3 is 1.23 bits per heavy atom. The zero-order valence-corrected chi connectivity index (χ0v) is 34.2. The molecule has 0 aromatic carbocycles. The van der Waals surface area contributed by atoms with E-state index < -0.39 is 65.7 Å². The van der Waals surface area contributed by atoms with E-state index in [0.29, 0.717) is 11.9 Å². The minimum atomic E-state index is -4.67. The first-order chi connectivity index (χ1) is 25.3. The molecule has 0 N–H and O–H groups in total. The normalized spacial score (nSPS) is 11.9. The fraction of sp³-hybridized carbons (Fsp3) is 0.273. The van der Waals surface area contributed by atoms with Crippen molar-refractivity contribution in [2.24, 2.45) is 0 Å². The number of pyridine rings is 3. The van der Waals surface area contributed by atoms with Crippen LogP contribution in [-0.4, -0.2) is 47.1 Å². The predicted octanol–water partition coefficient (Wildman–Crippen LogP) is 9.33. The molecule has 0 unspecified atom stereocenters. The molecule has 0 amide bonds. The van der Waals surface area contributed by atoms with Crippen molar-refractivity contribution in [1.29, 1.82) is 0 Å². The summed E-state index contributed by atoms with van der Waals surface area (Å²) in [5.74, 6) is 0. The van der Waals surface area contributed by atoms with Gasteiger partial charge < -0.3 is 4.90 Å². The Hall–Kier alpha value is -3.67. The highest BCUT2D eigenvalue weighted by atomic mass is 79.9. The maximum Gasteiger partial charge on any atom is 0.434 e. The summed E-state index contributed by atoms with van der Waals surface area (Å²) in [4.78, 5) is 47.8. The van der Waals surface area contributed by atoms with Crippen LogP contribution in [0, 0.1) is 6.92 Å². The number of fused-ring (bicyclic) bond motifs is 3. The number of aryl methyl sites for hydroxylation is 1. The quantitative estimate of drug-likeness (QED) is 0.129. The van der Waals surface area contributed by atoms with E-state index in [4.69, 9.17) is 0 Å². The Morgan fingerprint density at radius 2 is 0.893 bits per heavy atom. The number of alkyl halides is 10. The molecule has 23 heteroatoms. The van der Waals surface area contributed by atoms with E-state index in [2.05, 4.69) is 78.7 Å². The molecule has 0 fully saturated rings. The monoisotopic (exact) mass is 1050 g/mol. The fourth-order valence-electron chi connectivity index (χ4n) is 4.65. The highest BCUT2D eigenvalue weighted by molar-refractivity contribution is 9.11. The number of aromatic nitrogens is 6. The molecule has 0 saturated heterocycles. The average Bonchev–Trinajstić information content (AvgIpc) is 3.08.